The first-order chi connectivity index (χ1) is 14.0. The lowest BCUT2D eigenvalue weighted by molar-refractivity contribution is -0.123. The summed E-state index contributed by atoms with van der Waals surface area (Å²) in [5.41, 5.74) is 1.10. The van der Waals surface area contributed by atoms with Crippen LogP contribution in [-0.4, -0.2) is 18.0 Å². The van der Waals surface area contributed by atoms with Crippen molar-refractivity contribution in [1.82, 2.24) is 0 Å². The molecule has 0 aliphatic rings. The van der Waals surface area contributed by atoms with Crippen LogP contribution in [0.25, 0.3) is 0 Å². The Hall–Kier alpha value is -4.11. The van der Waals surface area contributed by atoms with E-state index in [0.717, 1.165) is 0 Å². The number of ether oxygens (including phenoxy) is 2. The molecule has 3 aromatic rings. The van der Waals surface area contributed by atoms with E-state index in [2.05, 4.69) is 5.32 Å². The molecule has 0 aliphatic heterocycles. The number of carbonyl (C=O) groups excluding carboxylic acids is 2. The summed E-state index contributed by atoms with van der Waals surface area (Å²) in [5.74, 6) is 0.208. The first-order valence-corrected chi connectivity index (χ1v) is 8.90. The third kappa shape index (κ3) is 5.44. The number of carbonyl (C=O) groups is 2. The molecule has 0 radical (unpaired) electrons. The zero-order chi connectivity index (χ0) is 20.6. The maximum atomic E-state index is 12.3. The Morgan fingerprint density at radius 2 is 1.62 bits per heavy atom. The van der Waals surface area contributed by atoms with Gasteiger partial charge in [-0.05, 0) is 61.5 Å². The lowest BCUT2D eigenvalue weighted by atomic mass is 10.1. The molecular formula is C23H18N2O4. The Morgan fingerprint density at radius 3 is 2.31 bits per heavy atom. The van der Waals surface area contributed by atoms with Crippen molar-refractivity contribution in [3.63, 3.8) is 0 Å². The van der Waals surface area contributed by atoms with E-state index in [9.17, 15) is 9.59 Å². The minimum Gasteiger partial charge on any atom is -0.457 e. The molecule has 1 atom stereocenters. The molecular weight excluding hydrogens is 368 g/mol. The normalized spacial score (nSPS) is 11.0. The SMILES string of the molecule is C[C@H](OC(=O)c1cccc(C#N)c1)C(=O)Nc1ccc(Oc2ccccc2)cc1. The molecule has 144 valence electrons. The van der Waals surface area contributed by atoms with Crippen LogP contribution >= 0.6 is 0 Å². The van der Waals surface area contributed by atoms with E-state index in [4.69, 9.17) is 14.7 Å². The van der Waals surface area contributed by atoms with Crippen molar-refractivity contribution < 1.29 is 19.1 Å². The third-order valence-electron chi connectivity index (χ3n) is 3.98. The van der Waals surface area contributed by atoms with Crippen molar-refractivity contribution in [1.29, 1.82) is 5.26 Å². The summed E-state index contributed by atoms with van der Waals surface area (Å²) >= 11 is 0. The number of nitriles is 1. The van der Waals surface area contributed by atoms with Crippen LogP contribution in [0.5, 0.6) is 11.5 Å². The number of rotatable bonds is 6. The van der Waals surface area contributed by atoms with E-state index in [0.29, 0.717) is 22.7 Å². The first-order valence-electron chi connectivity index (χ1n) is 8.90. The molecule has 0 unspecified atom stereocenters. The van der Waals surface area contributed by atoms with E-state index in [-0.39, 0.29) is 5.56 Å². The average Bonchev–Trinajstić information content (AvgIpc) is 2.75. The van der Waals surface area contributed by atoms with Crippen LogP contribution in [0.1, 0.15) is 22.8 Å². The molecule has 0 saturated heterocycles. The van der Waals surface area contributed by atoms with Gasteiger partial charge in [-0.1, -0.05) is 24.3 Å². The standard InChI is InChI=1S/C23H18N2O4/c1-16(28-23(27)18-7-5-6-17(14-18)15-24)22(26)25-19-10-12-21(13-11-19)29-20-8-3-2-4-9-20/h2-14,16H,1H3,(H,25,26)/t16-/m0/s1. The highest BCUT2D eigenvalue weighted by Gasteiger charge is 2.19. The summed E-state index contributed by atoms with van der Waals surface area (Å²) in [7, 11) is 0. The molecule has 0 spiro atoms. The average molecular weight is 386 g/mol. The van der Waals surface area contributed by atoms with Gasteiger partial charge < -0.3 is 14.8 Å². The quantitative estimate of drug-likeness (QED) is 0.629. The number of hydrogen-bond acceptors (Lipinski definition) is 5. The smallest absolute Gasteiger partial charge is 0.338 e. The van der Waals surface area contributed by atoms with Crippen molar-refractivity contribution in [3.8, 4) is 17.6 Å². The Bertz CT molecular complexity index is 1040. The van der Waals surface area contributed by atoms with Crippen molar-refractivity contribution in [2.24, 2.45) is 0 Å². The predicted octanol–water partition coefficient (Wildman–Crippen LogP) is 4.53. The van der Waals surface area contributed by atoms with Gasteiger partial charge in [-0.15, -0.1) is 0 Å². The zero-order valence-corrected chi connectivity index (χ0v) is 15.7. The number of para-hydroxylation sites is 1. The van der Waals surface area contributed by atoms with Crippen molar-refractivity contribution in [2.45, 2.75) is 13.0 Å². The molecule has 29 heavy (non-hydrogen) atoms. The van der Waals surface area contributed by atoms with Gasteiger partial charge in [0.25, 0.3) is 5.91 Å². The number of benzene rings is 3. The predicted molar refractivity (Wildman–Crippen MR) is 108 cm³/mol. The molecule has 1 amide bonds. The molecule has 0 aromatic heterocycles. The lowest BCUT2D eigenvalue weighted by Gasteiger charge is -2.14. The van der Waals surface area contributed by atoms with Gasteiger partial charge in [0, 0.05) is 5.69 Å². The topological polar surface area (TPSA) is 88.4 Å². The van der Waals surface area contributed by atoms with E-state index in [1.54, 1.807) is 36.4 Å². The molecule has 0 aliphatic carbocycles. The van der Waals surface area contributed by atoms with E-state index in [1.807, 2.05) is 36.4 Å². The van der Waals surface area contributed by atoms with Gasteiger partial charge in [-0.3, -0.25) is 4.79 Å². The molecule has 6 nitrogen and oxygen atoms in total. The van der Waals surface area contributed by atoms with Crippen LogP contribution in [0.2, 0.25) is 0 Å². The van der Waals surface area contributed by atoms with Crippen LogP contribution in [-0.2, 0) is 9.53 Å². The highest BCUT2D eigenvalue weighted by atomic mass is 16.5. The highest BCUT2D eigenvalue weighted by Crippen LogP contribution is 2.22. The van der Waals surface area contributed by atoms with E-state index >= 15 is 0 Å². The molecule has 0 fully saturated rings. The molecule has 3 rings (SSSR count). The highest BCUT2D eigenvalue weighted by molar-refractivity contribution is 5.97. The van der Waals surface area contributed by atoms with E-state index in [1.165, 1.54) is 19.1 Å². The Balaban J connectivity index is 1.56. The molecule has 6 heteroatoms. The fourth-order valence-corrected chi connectivity index (χ4v) is 2.47. The molecule has 0 saturated carbocycles. The summed E-state index contributed by atoms with van der Waals surface area (Å²) in [5, 5.41) is 11.6. The number of hydrogen-bond donors (Lipinski definition) is 1. The zero-order valence-electron chi connectivity index (χ0n) is 15.7. The second-order valence-electron chi connectivity index (χ2n) is 6.17. The van der Waals surface area contributed by atoms with Crippen LogP contribution in [0, 0.1) is 11.3 Å². The van der Waals surface area contributed by atoms with E-state index < -0.39 is 18.0 Å². The molecule has 1 N–H and O–H groups in total. The van der Waals surface area contributed by atoms with Crippen LogP contribution in [0.3, 0.4) is 0 Å². The summed E-state index contributed by atoms with van der Waals surface area (Å²) in [6, 6.07) is 24.3. The van der Waals surface area contributed by atoms with Crippen molar-refractivity contribution in [3.05, 3.63) is 90.0 Å². The molecule has 0 bridgehead atoms. The van der Waals surface area contributed by atoms with Crippen LogP contribution < -0.4 is 10.1 Å². The van der Waals surface area contributed by atoms with Gasteiger partial charge in [0.1, 0.15) is 11.5 Å². The van der Waals surface area contributed by atoms with Gasteiger partial charge in [0.2, 0.25) is 0 Å². The summed E-state index contributed by atoms with van der Waals surface area (Å²) in [4.78, 5) is 24.5. The fraction of sp³-hybridized carbons (Fsp3) is 0.0870. The second-order valence-corrected chi connectivity index (χ2v) is 6.17. The first kappa shape index (κ1) is 19.6. The number of anilines is 1. The van der Waals surface area contributed by atoms with Gasteiger partial charge in [0.15, 0.2) is 6.10 Å². The fourth-order valence-electron chi connectivity index (χ4n) is 2.47. The monoisotopic (exact) mass is 386 g/mol. The lowest BCUT2D eigenvalue weighted by Crippen LogP contribution is -2.30. The molecule has 0 heterocycles. The number of nitrogens with one attached hydrogen (secondary N) is 1. The summed E-state index contributed by atoms with van der Waals surface area (Å²) < 4.78 is 10.9. The minimum absolute atomic E-state index is 0.214. The van der Waals surface area contributed by atoms with Crippen molar-refractivity contribution in [2.75, 3.05) is 5.32 Å². The summed E-state index contributed by atoms with van der Waals surface area (Å²) in [6.07, 6.45) is -1.01. The number of nitrogens with zero attached hydrogens (tertiary/aromatic N) is 1. The Kier molecular flexibility index (Phi) is 6.23. The third-order valence-corrected chi connectivity index (χ3v) is 3.98. The Labute approximate surface area is 168 Å². The largest absolute Gasteiger partial charge is 0.457 e. The van der Waals surface area contributed by atoms with Gasteiger partial charge in [0.05, 0.1) is 17.2 Å². The second kappa shape index (κ2) is 9.20. The maximum Gasteiger partial charge on any atom is 0.338 e. The van der Waals surface area contributed by atoms with Crippen molar-refractivity contribution >= 4 is 17.6 Å². The number of amides is 1. The van der Waals surface area contributed by atoms with Gasteiger partial charge in [-0.2, -0.15) is 5.26 Å². The summed E-state index contributed by atoms with van der Waals surface area (Å²) in [6.45, 7) is 1.48. The number of esters is 1. The van der Waals surface area contributed by atoms with Crippen LogP contribution in [0.4, 0.5) is 5.69 Å². The molecule has 3 aromatic carbocycles. The van der Waals surface area contributed by atoms with Crippen LogP contribution in [0.15, 0.2) is 78.9 Å². The van der Waals surface area contributed by atoms with Gasteiger partial charge in [-0.25, -0.2) is 4.79 Å². The maximum absolute atomic E-state index is 12.3. The minimum atomic E-state index is -1.01. The van der Waals surface area contributed by atoms with Gasteiger partial charge >= 0.3 is 5.97 Å². The Morgan fingerprint density at radius 1 is 0.931 bits per heavy atom.